The van der Waals surface area contributed by atoms with Crippen LogP contribution in [0, 0.1) is 5.41 Å². The average molecular weight is 206 g/mol. The van der Waals surface area contributed by atoms with Crippen LogP contribution in [0.25, 0.3) is 0 Å². The minimum atomic E-state index is 0.420. The molecule has 2 rings (SSSR count). The number of rotatable bonds is 2. The first-order valence-electron chi connectivity index (χ1n) is 5.32. The number of likely N-dealkylation sites (tertiary alicyclic amines) is 1. The molecule has 0 atom stereocenters. The van der Waals surface area contributed by atoms with Crippen LogP contribution in [0.4, 0.5) is 0 Å². The van der Waals surface area contributed by atoms with Crippen molar-refractivity contribution in [3.8, 4) is 0 Å². The maximum atomic E-state index is 4.27. The number of allylic oxidation sites excluding steroid dienone is 1. The van der Waals surface area contributed by atoms with Gasteiger partial charge in [-0.3, -0.25) is 10.9 Å². The fourth-order valence-electron chi connectivity index (χ4n) is 2.18. The van der Waals surface area contributed by atoms with Gasteiger partial charge in [-0.2, -0.15) is 0 Å². The van der Waals surface area contributed by atoms with Gasteiger partial charge in [0.1, 0.15) is 5.84 Å². The molecular weight excluding hydrogens is 188 g/mol. The molecule has 4 nitrogen and oxygen atoms in total. The minimum Gasteiger partial charge on any atom is -0.355 e. The smallest absolute Gasteiger partial charge is 0.128 e. The Morgan fingerprint density at radius 1 is 1.40 bits per heavy atom. The van der Waals surface area contributed by atoms with Crippen LogP contribution in [-0.4, -0.2) is 36.9 Å². The van der Waals surface area contributed by atoms with Gasteiger partial charge in [0.2, 0.25) is 0 Å². The number of nitrogens with zero attached hydrogens (tertiary/aromatic N) is 2. The highest BCUT2D eigenvalue weighted by molar-refractivity contribution is 5.94. The Balaban J connectivity index is 1.96. The molecule has 0 bridgehead atoms. The summed E-state index contributed by atoms with van der Waals surface area (Å²) in [5.41, 5.74) is 6.79. The maximum absolute atomic E-state index is 4.27. The van der Waals surface area contributed by atoms with Gasteiger partial charge in [-0.15, -0.1) is 0 Å². The Kier molecular flexibility index (Phi) is 2.88. The summed E-state index contributed by atoms with van der Waals surface area (Å²) in [5.74, 6) is 1.02. The Morgan fingerprint density at radius 3 is 2.60 bits per heavy atom. The third-order valence-electron chi connectivity index (χ3n) is 2.97. The van der Waals surface area contributed by atoms with Crippen molar-refractivity contribution in [1.82, 2.24) is 15.8 Å². The van der Waals surface area contributed by atoms with Crippen molar-refractivity contribution in [2.24, 2.45) is 10.4 Å². The van der Waals surface area contributed by atoms with E-state index >= 15 is 0 Å². The number of hydrazine groups is 1. The molecule has 0 radical (unpaired) electrons. The Hall–Kier alpha value is -1.13. The van der Waals surface area contributed by atoms with E-state index in [0.29, 0.717) is 5.41 Å². The highest BCUT2D eigenvalue weighted by atomic mass is 15.4. The van der Waals surface area contributed by atoms with Gasteiger partial charge in [-0.25, -0.2) is 4.99 Å². The molecule has 2 saturated heterocycles. The summed E-state index contributed by atoms with van der Waals surface area (Å²) in [4.78, 5) is 6.56. The molecule has 0 aromatic rings. The van der Waals surface area contributed by atoms with Crippen LogP contribution in [0.3, 0.4) is 0 Å². The minimum absolute atomic E-state index is 0.420. The van der Waals surface area contributed by atoms with Crippen molar-refractivity contribution in [3.05, 3.63) is 24.9 Å². The summed E-state index contributed by atoms with van der Waals surface area (Å²) >= 11 is 0. The molecule has 0 amide bonds. The first kappa shape index (κ1) is 10.4. The topological polar surface area (TPSA) is 39.7 Å². The van der Waals surface area contributed by atoms with E-state index in [1.807, 2.05) is 19.1 Å². The van der Waals surface area contributed by atoms with Crippen LogP contribution in [0.5, 0.6) is 0 Å². The summed E-state index contributed by atoms with van der Waals surface area (Å²) in [6.07, 6.45) is 5.65. The van der Waals surface area contributed by atoms with Crippen LogP contribution in [0.1, 0.15) is 6.92 Å². The largest absolute Gasteiger partial charge is 0.355 e. The Labute approximate surface area is 90.7 Å². The van der Waals surface area contributed by atoms with E-state index in [1.54, 1.807) is 6.20 Å². The summed E-state index contributed by atoms with van der Waals surface area (Å²) in [5, 5.41) is 0. The lowest BCUT2D eigenvalue weighted by atomic mass is 9.80. The molecular formula is C11H18N4. The second kappa shape index (κ2) is 4.16. The molecule has 2 N–H and O–H groups in total. The monoisotopic (exact) mass is 206 g/mol. The number of aliphatic imine (C=N–C) groups is 1. The van der Waals surface area contributed by atoms with Gasteiger partial charge in [0.25, 0.3) is 0 Å². The third-order valence-corrected chi connectivity index (χ3v) is 2.97. The second-order valence-electron chi connectivity index (χ2n) is 4.23. The summed E-state index contributed by atoms with van der Waals surface area (Å²) in [7, 11) is 0. The van der Waals surface area contributed by atoms with Gasteiger partial charge in [0.15, 0.2) is 0 Å². The first-order valence-corrected chi connectivity index (χ1v) is 5.32. The fraction of sp³-hybridized carbons (Fsp3) is 0.545. The Morgan fingerprint density at radius 2 is 2.07 bits per heavy atom. The van der Waals surface area contributed by atoms with E-state index < -0.39 is 0 Å². The molecule has 2 fully saturated rings. The summed E-state index contributed by atoms with van der Waals surface area (Å²) in [6, 6.07) is 0. The van der Waals surface area contributed by atoms with Crippen LogP contribution >= 0.6 is 0 Å². The van der Waals surface area contributed by atoms with E-state index in [-0.39, 0.29) is 0 Å². The molecule has 0 saturated carbocycles. The van der Waals surface area contributed by atoms with Crippen LogP contribution in [0.2, 0.25) is 0 Å². The van der Waals surface area contributed by atoms with Gasteiger partial charge in [0.05, 0.1) is 0 Å². The van der Waals surface area contributed by atoms with Gasteiger partial charge in [0, 0.05) is 37.8 Å². The molecule has 15 heavy (non-hydrogen) atoms. The highest BCUT2D eigenvalue weighted by Gasteiger charge is 2.45. The highest BCUT2D eigenvalue weighted by Crippen LogP contribution is 2.31. The molecule has 1 spiro atoms. The van der Waals surface area contributed by atoms with Crippen molar-refractivity contribution in [3.63, 3.8) is 0 Å². The van der Waals surface area contributed by atoms with Crippen molar-refractivity contribution < 1.29 is 0 Å². The molecule has 0 aromatic heterocycles. The molecule has 4 heteroatoms. The molecule has 82 valence electrons. The van der Waals surface area contributed by atoms with Crippen molar-refractivity contribution in [1.29, 1.82) is 0 Å². The zero-order valence-corrected chi connectivity index (χ0v) is 9.16. The molecule has 2 aliphatic rings. The zero-order chi connectivity index (χ0) is 10.7. The molecule has 0 aliphatic carbocycles. The SMILES string of the molecule is C=CN=C(/C=C\C)N1CC2(CNNC2)C1. The predicted octanol–water partition coefficient (Wildman–Crippen LogP) is 0.514. The van der Waals surface area contributed by atoms with E-state index in [1.165, 1.54) is 0 Å². The van der Waals surface area contributed by atoms with E-state index in [9.17, 15) is 0 Å². The van der Waals surface area contributed by atoms with Crippen molar-refractivity contribution >= 4 is 5.84 Å². The maximum Gasteiger partial charge on any atom is 0.128 e. The third kappa shape index (κ3) is 1.96. The number of amidine groups is 1. The number of nitrogens with one attached hydrogen (secondary N) is 2. The molecule has 0 aromatic carbocycles. The zero-order valence-electron chi connectivity index (χ0n) is 9.16. The normalized spacial score (nSPS) is 24.9. The summed E-state index contributed by atoms with van der Waals surface area (Å²) < 4.78 is 0. The summed E-state index contributed by atoms with van der Waals surface area (Å²) in [6.45, 7) is 9.91. The average Bonchev–Trinajstić information content (AvgIpc) is 2.64. The van der Waals surface area contributed by atoms with Crippen LogP contribution in [-0.2, 0) is 0 Å². The van der Waals surface area contributed by atoms with Gasteiger partial charge in [-0.05, 0) is 13.0 Å². The van der Waals surface area contributed by atoms with Crippen LogP contribution in [0.15, 0.2) is 29.9 Å². The number of hydrogen-bond donors (Lipinski definition) is 2. The lowest BCUT2D eigenvalue weighted by molar-refractivity contribution is 0.0922. The Bertz CT molecular complexity index is 292. The first-order chi connectivity index (χ1) is 7.29. The quantitative estimate of drug-likeness (QED) is 0.511. The van der Waals surface area contributed by atoms with Crippen LogP contribution < -0.4 is 10.9 Å². The van der Waals surface area contributed by atoms with Crippen molar-refractivity contribution in [2.45, 2.75) is 6.92 Å². The van der Waals surface area contributed by atoms with E-state index in [2.05, 4.69) is 27.3 Å². The van der Waals surface area contributed by atoms with Gasteiger partial charge < -0.3 is 4.90 Å². The molecule has 0 unspecified atom stereocenters. The molecule has 2 heterocycles. The number of hydrogen-bond acceptors (Lipinski definition) is 3. The second-order valence-corrected chi connectivity index (χ2v) is 4.23. The lowest BCUT2D eigenvalue weighted by Gasteiger charge is -2.48. The molecule has 2 aliphatic heterocycles. The van der Waals surface area contributed by atoms with Gasteiger partial charge in [-0.1, -0.05) is 12.7 Å². The van der Waals surface area contributed by atoms with E-state index in [4.69, 9.17) is 0 Å². The standard InChI is InChI=1S/C11H18N4/c1-3-5-10(12-4-2)15-8-11(9-15)6-13-14-7-11/h3-5,13-14H,2,6-9H2,1H3/b5-3-,12-10?. The fourth-order valence-corrected chi connectivity index (χ4v) is 2.18. The van der Waals surface area contributed by atoms with E-state index in [0.717, 1.165) is 32.0 Å². The predicted molar refractivity (Wildman–Crippen MR) is 62.5 cm³/mol. The van der Waals surface area contributed by atoms with Gasteiger partial charge >= 0.3 is 0 Å². The lowest BCUT2D eigenvalue weighted by Crippen LogP contribution is -2.60. The van der Waals surface area contributed by atoms with Crippen molar-refractivity contribution in [2.75, 3.05) is 26.2 Å².